The van der Waals surface area contributed by atoms with Crippen molar-refractivity contribution in [2.45, 2.75) is 32.3 Å². The molecule has 4 aromatic rings. The highest BCUT2D eigenvalue weighted by Gasteiger charge is 2.25. The van der Waals surface area contributed by atoms with Gasteiger partial charge in [-0.15, -0.1) is 11.3 Å². The van der Waals surface area contributed by atoms with Crippen molar-refractivity contribution in [3.63, 3.8) is 0 Å². The van der Waals surface area contributed by atoms with Gasteiger partial charge in [0, 0.05) is 21.3 Å². The molecule has 0 unspecified atom stereocenters. The van der Waals surface area contributed by atoms with Crippen molar-refractivity contribution in [3.05, 3.63) is 106 Å². The van der Waals surface area contributed by atoms with Crippen LogP contribution in [0.2, 0.25) is 0 Å². The van der Waals surface area contributed by atoms with Crippen LogP contribution in [0.25, 0.3) is 0 Å². The number of nitrogens with zero attached hydrogens (tertiary/aromatic N) is 1. The molecule has 0 fully saturated rings. The van der Waals surface area contributed by atoms with Gasteiger partial charge in [-0.2, -0.15) is 0 Å². The van der Waals surface area contributed by atoms with Gasteiger partial charge in [-0.25, -0.2) is 4.99 Å². The second-order valence-electron chi connectivity index (χ2n) is 8.70. The Labute approximate surface area is 251 Å². The maximum atomic E-state index is 13.3. The normalized spacial score (nSPS) is 12.9. The fourth-order valence-corrected chi connectivity index (χ4v) is 7.52. The number of thiophene rings is 1. The highest BCUT2D eigenvalue weighted by molar-refractivity contribution is 14.1. The molecule has 1 heterocycles. The van der Waals surface area contributed by atoms with Crippen molar-refractivity contribution in [3.8, 4) is 5.75 Å². The third kappa shape index (κ3) is 6.53. The minimum atomic E-state index is -0.0924. The quantitative estimate of drug-likeness (QED) is 0.151. The number of benzene rings is 3. The SMILES string of the molecule is O=C(Nc1ccccc1)c1c(N=Cc2cc(Br)c(OCc3ccc(Br)cc3)c(I)c2)sc2c1CCCC2. The molecule has 1 aliphatic rings. The number of fused-ring (bicyclic) bond motifs is 1. The van der Waals surface area contributed by atoms with Crippen molar-refractivity contribution in [2.75, 3.05) is 5.32 Å². The van der Waals surface area contributed by atoms with Crippen molar-refractivity contribution < 1.29 is 9.53 Å². The molecule has 1 N–H and O–H groups in total. The summed E-state index contributed by atoms with van der Waals surface area (Å²) in [6.45, 7) is 0.482. The number of rotatable bonds is 7. The van der Waals surface area contributed by atoms with Gasteiger partial charge in [-0.3, -0.25) is 4.79 Å². The molecule has 0 saturated heterocycles. The van der Waals surface area contributed by atoms with Crippen LogP contribution < -0.4 is 10.1 Å². The fourth-order valence-electron chi connectivity index (χ4n) is 4.25. The summed E-state index contributed by atoms with van der Waals surface area (Å²) in [5.74, 6) is 0.709. The molecule has 0 saturated carbocycles. The Hall–Kier alpha value is -2.01. The van der Waals surface area contributed by atoms with E-state index in [9.17, 15) is 4.79 Å². The van der Waals surface area contributed by atoms with E-state index in [1.807, 2.05) is 72.9 Å². The highest BCUT2D eigenvalue weighted by atomic mass is 127. The van der Waals surface area contributed by atoms with E-state index in [0.29, 0.717) is 12.2 Å². The Kier molecular flexibility index (Phi) is 8.79. The summed E-state index contributed by atoms with van der Waals surface area (Å²) < 4.78 is 9.00. The molecule has 8 heteroatoms. The summed E-state index contributed by atoms with van der Waals surface area (Å²) in [4.78, 5) is 19.4. The fraction of sp³-hybridized carbons (Fsp3) is 0.172. The molecule has 4 nitrogen and oxygen atoms in total. The summed E-state index contributed by atoms with van der Waals surface area (Å²) in [5.41, 5.74) is 4.69. The van der Waals surface area contributed by atoms with Gasteiger partial charge in [0.15, 0.2) is 0 Å². The van der Waals surface area contributed by atoms with Crippen LogP contribution in [0.1, 0.15) is 44.8 Å². The zero-order valence-electron chi connectivity index (χ0n) is 19.8. The number of aliphatic imine (C=N–C) groups is 1. The summed E-state index contributed by atoms with van der Waals surface area (Å²) in [5, 5.41) is 3.82. The lowest BCUT2D eigenvalue weighted by atomic mass is 9.95. The first-order valence-electron chi connectivity index (χ1n) is 11.9. The van der Waals surface area contributed by atoms with Gasteiger partial charge in [0.05, 0.1) is 13.6 Å². The third-order valence-corrected chi connectivity index (χ3v) is 9.18. The molecular weight excluding hydrogens is 727 g/mol. The van der Waals surface area contributed by atoms with E-state index >= 15 is 0 Å². The van der Waals surface area contributed by atoms with Crippen LogP contribution in [0, 0.1) is 3.57 Å². The largest absolute Gasteiger partial charge is 0.487 e. The molecule has 0 radical (unpaired) electrons. The van der Waals surface area contributed by atoms with Crippen LogP contribution in [-0.2, 0) is 19.4 Å². The second kappa shape index (κ2) is 12.2. The van der Waals surface area contributed by atoms with Crippen LogP contribution in [0.4, 0.5) is 10.7 Å². The molecule has 1 aliphatic carbocycles. The first-order chi connectivity index (χ1) is 18.0. The Balaban J connectivity index is 1.38. The second-order valence-corrected chi connectivity index (χ2v) is 12.7. The lowest BCUT2D eigenvalue weighted by Gasteiger charge is -2.13. The zero-order valence-corrected chi connectivity index (χ0v) is 25.9. The number of nitrogens with one attached hydrogen (secondary N) is 1. The van der Waals surface area contributed by atoms with Gasteiger partial charge < -0.3 is 10.1 Å². The third-order valence-electron chi connectivity index (χ3n) is 6.06. The van der Waals surface area contributed by atoms with Gasteiger partial charge in [0.25, 0.3) is 5.91 Å². The minimum absolute atomic E-state index is 0.0924. The number of amides is 1. The Morgan fingerprint density at radius 1 is 1.05 bits per heavy atom. The maximum Gasteiger partial charge on any atom is 0.259 e. The topological polar surface area (TPSA) is 50.7 Å². The number of aryl methyl sites for hydroxylation is 1. The molecule has 3 aromatic carbocycles. The average Bonchev–Trinajstić information content (AvgIpc) is 3.27. The van der Waals surface area contributed by atoms with E-state index < -0.39 is 0 Å². The summed E-state index contributed by atoms with van der Waals surface area (Å²) in [6.07, 6.45) is 6.03. The Bertz CT molecular complexity index is 1430. The van der Waals surface area contributed by atoms with Gasteiger partial charge in [-0.1, -0.05) is 46.3 Å². The van der Waals surface area contributed by atoms with E-state index in [-0.39, 0.29) is 5.91 Å². The maximum absolute atomic E-state index is 13.3. The van der Waals surface area contributed by atoms with Crippen LogP contribution in [0.3, 0.4) is 0 Å². The van der Waals surface area contributed by atoms with Crippen LogP contribution >= 0.6 is 65.8 Å². The van der Waals surface area contributed by atoms with Crippen molar-refractivity contribution >= 4 is 88.6 Å². The van der Waals surface area contributed by atoms with Gasteiger partial charge >= 0.3 is 0 Å². The molecule has 1 amide bonds. The van der Waals surface area contributed by atoms with E-state index in [0.717, 1.165) is 71.3 Å². The molecule has 0 aliphatic heterocycles. The number of hydrogen-bond donors (Lipinski definition) is 1. The number of hydrogen-bond acceptors (Lipinski definition) is 4. The van der Waals surface area contributed by atoms with Gasteiger partial charge in [0.1, 0.15) is 17.4 Å². The summed E-state index contributed by atoms with van der Waals surface area (Å²) in [6, 6.07) is 21.7. The molecule has 37 heavy (non-hydrogen) atoms. The smallest absolute Gasteiger partial charge is 0.259 e. The lowest BCUT2D eigenvalue weighted by Crippen LogP contribution is -2.14. The van der Waals surface area contributed by atoms with Crippen LogP contribution in [0.5, 0.6) is 5.75 Å². The number of carbonyl (C=O) groups excluding carboxylic acids is 1. The molecule has 0 spiro atoms. The summed E-state index contributed by atoms with van der Waals surface area (Å²) in [7, 11) is 0. The van der Waals surface area contributed by atoms with E-state index in [1.165, 1.54) is 4.88 Å². The molecule has 188 valence electrons. The van der Waals surface area contributed by atoms with Gasteiger partial charge in [0.2, 0.25) is 0 Å². The Morgan fingerprint density at radius 3 is 2.57 bits per heavy atom. The number of halogens is 3. The molecule has 0 atom stereocenters. The molecule has 0 bridgehead atoms. The van der Waals surface area contributed by atoms with E-state index in [2.05, 4.69) is 59.8 Å². The van der Waals surface area contributed by atoms with Crippen molar-refractivity contribution in [2.24, 2.45) is 4.99 Å². The lowest BCUT2D eigenvalue weighted by molar-refractivity contribution is 0.102. The number of ether oxygens (including phenoxy) is 1. The molecule has 5 rings (SSSR count). The molecule has 1 aromatic heterocycles. The average molecular weight is 750 g/mol. The van der Waals surface area contributed by atoms with Crippen LogP contribution in [-0.4, -0.2) is 12.1 Å². The molecular formula is C29H23Br2IN2O2S. The predicted molar refractivity (Wildman–Crippen MR) is 168 cm³/mol. The Morgan fingerprint density at radius 2 is 1.81 bits per heavy atom. The highest BCUT2D eigenvalue weighted by Crippen LogP contribution is 2.40. The predicted octanol–water partition coefficient (Wildman–Crippen LogP) is 9.34. The first kappa shape index (κ1) is 26.6. The number of carbonyl (C=O) groups is 1. The van der Waals surface area contributed by atoms with E-state index in [1.54, 1.807) is 11.3 Å². The van der Waals surface area contributed by atoms with Crippen molar-refractivity contribution in [1.82, 2.24) is 0 Å². The van der Waals surface area contributed by atoms with Crippen LogP contribution in [0.15, 0.2) is 80.7 Å². The monoisotopic (exact) mass is 748 g/mol. The number of anilines is 1. The first-order valence-corrected chi connectivity index (χ1v) is 15.4. The van der Waals surface area contributed by atoms with Gasteiger partial charge in [-0.05, 0) is 117 Å². The number of para-hydroxylation sites is 1. The zero-order chi connectivity index (χ0) is 25.8. The van der Waals surface area contributed by atoms with E-state index in [4.69, 9.17) is 9.73 Å². The van der Waals surface area contributed by atoms with Crippen molar-refractivity contribution in [1.29, 1.82) is 0 Å². The minimum Gasteiger partial charge on any atom is -0.487 e. The summed E-state index contributed by atoms with van der Waals surface area (Å²) >= 11 is 11.1. The standard InChI is InChI=1S/C29H23Br2IN2O2S/c30-20-12-10-18(11-13-20)17-36-27-23(31)14-19(15-24(27)32)16-33-29-26(22-8-4-5-9-25(22)37-29)28(35)34-21-6-2-1-3-7-21/h1-3,6-7,10-16H,4-5,8-9,17H2,(H,34,35).